The van der Waals surface area contributed by atoms with Crippen LogP contribution in [0.2, 0.25) is 0 Å². The summed E-state index contributed by atoms with van der Waals surface area (Å²) in [6.07, 6.45) is 17.2. The molecule has 0 atom stereocenters. The summed E-state index contributed by atoms with van der Waals surface area (Å²) in [4.78, 5) is 0. The SMILES string of the molecule is CCCCOc1cc(C)c(CCC2CCC(C3CCC(CCC)CC3)CC2)c(F)c1F. The molecule has 0 amide bonds. The van der Waals surface area contributed by atoms with Gasteiger partial charge in [-0.3, -0.25) is 0 Å². The fourth-order valence-electron chi connectivity index (χ4n) is 6.15. The molecule has 0 aliphatic heterocycles. The fraction of sp³-hybridized carbons (Fsp3) is 0.786. The van der Waals surface area contributed by atoms with E-state index in [0.29, 0.717) is 24.5 Å². The van der Waals surface area contributed by atoms with Gasteiger partial charge in [0.1, 0.15) is 0 Å². The fourth-order valence-corrected chi connectivity index (χ4v) is 6.15. The molecule has 0 spiro atoms. The zero-order valence-electron chi connectivity index (χ0n) is 20.2. The molecule has 2 aliphatic carbocycles. The van der Waals surface area contributed by atoms with Crippen LogP contribution in [0.25, 0.3) is 0 Å². The molecule has 0 saturated heterocycles. The van der Waals surface area contributed by atoms with Gasteiger partial charge in [0.25, 0.3) is 0 Å². The molecule has 2 saturated carbocycles. The van der Waals surface area contributed by atoms with E-state index in [1.807, 2.05) is 6.92 Å². The average Bonchev–Trinajstić information content (AvgIpc) is 2.78. The first-order valence-corrected chi connectivity index (χ1v) is 13.1. The van der Waals surface area contributed by atoms with E-state index >= 15 is 0 Å². The van der Waals surface area contributed by atoms with Crippen molar-refractivity contribution >= 4 is 0 Å². The van der Waals surface area contributed by atoms with Crippen LogP contribution < -0.4 is 4.74 Å². The van der Waals surface area contributed by atoms with Crippen LogP contribution >= 0.6 is 0 Å². The number of ether oxygens (including phenoxy) is 1. The topological polar surface area (TPSA) is 9.23 Å². The molecule has 0 aromatic heterocycles. The number of hydrogen-bond donors (Lipinski definition) is 0. The van der Waals surface area contributed by atoms with Crippen molar-refractivity contribution < 1.29 is 13.5 Å². The molecule has 1 aromatic rings. The van der Waals surface area contributed by atoms with E-state index in [-0.39, 0.29) is 5.75 Å². The van der Waals surface area contributed by atoms with Gasteiger partial charge in [0, 0.05) is 0 Å². The predicted octanol–water partition coefficient (Wildman–Crippen LogP) is 8.80. The average molecular weight is 435 g/mol. The van der Waals surface area contributed by atoms with Crippen LogP contribution in [0.1, 0.15) is 108 Å². The summed E-state index contributed by atoms with van der Waals surface area (Å²) < 4.78 is 34.7. The first-order chi connectivity index (χ1) is 15.0. The van der Waals surface area contributed by atoms with Crippen molar-refractivity contribution in [3.05, 3.63) is 28.8 Å². The summed E-state index contributed by atoms with van der Waals surface area (Å²) in [5.41, 5.74) is 1.37. The van der Waals surface area contributed by atoms with Crippen LogP contribution in [-0.4, -0.2) is 6.61 Å². The van der Waals surface area contributed by atoms with Crippen LogP contribution in [0.4, 0.5) is 8.78 Å². The van der Waals surface area contributed by atoms with Crippen molar-refractivity contribution in [1.82, 2.24) is 0 Å². The maximum Gasteiger partial charge on any atom is 0.200 e. The van der Waals surface area contributed by atoms with E-state index < -0.39 is 11.6 Å². The predicted molar refractivity (Wildman–Crippen MR) is 126 cm³/mol. The summed E-state index contributed by atoms with van der Waals surface area (Å²) in [5, 5.41) is 0. The highest BCUT2D eigenvalue weighted by Gasteiger charge is 2.30. The molecule has 176 valence electrons. The van der Waals surface area contributed by atoms with Gasteiger partial charge in [-0.2, -0.15) is 4.39 Å². The van der Waals surface area contributed by atoms with E-state index in [2.05, 4.69) is 13.8 Å². The number of halogens is 2. The summed E-state index contributed by atoms with van der Waals surface area (Å²) in [6, 6.07) is 1.69. The molecule has 1 nitrogen and oxygen atoms in total. The minimum Gasteiger partial charge on any atom is -0.490 e. The molecule has 0 unspecified atom stereocenters. The third-order valence-electron chi connectivity index (χ3n) is 8.20. The van der Waals surface area contributed by atoms with Crippen LogP contribution in [0.5, 0.6) is 5.75 Å². The van der Waals surface area contributed by atoms with E-state index in [0.717, 1.165) is 42.6 Å². The Morgan fingerprint density at radius 2 is 1.39 bits per heavy atom. The monoisotopic (exact) mass is 434 g/mol. The molecule has 0 radical (unpaired) electrons. The molecule has 31 heavy (non-hydrogen) atoms. The molecule has 0 N–H and O–H groups in total. The smallest absolute Gasteiger partial charge is 0.200 e. The lowest BCUT2D eigenvalue weighted by Crippen LogP contribution is -2.26. The number of hydrogen-bond acceptors (Lipinski definition) is 1. The molecule has 3 heteroatoms. The Labute approximate surface area is 189 Å². The van der Waals surface area contributed by atoms with Gasteiger partial charge in [-0.1, -0.05) is 58.8 Å². The minimum atomic E-state index is -0.806. The highest BCUT2D eigenvalue weighted by molar-refractivity contribution is 5.38. The zero-order chi connectivity index (χ0) is 22.2. The van der Waals surface area contributed by atoms with Crippen molar-refractivity contribution in [1.29, 1.82) is 0 Å². The first-order valence-electron chi connectivity index (χ1n) is 13.1. The quantitative estimate of drug-likeness (QED) is 0.334. The maximum absolute atomic E-state index is 14.7. The van der Waals surface area contributed by atoms with E-state index in [4.69, 9.17) is 4.74 Å². The Morgan fingerprint density at radius 3 is 1.94 bits per heavy atom. The van der Waals surface area contributed by atoms with Crippen molar-refractivity contribution in [3.8, 4) is 5.75 Å². The molecule has 0 heterocycles. The first kappa shape index (κ1) is 24.5. The van der Waals surface area contributed by atoms with Gasteiger partial charge in [-0.15, -0.1) is 0 Å². The normalized spacial score (nSPS) is 26.7. The molecule has 2 aliphatic rings. The lowest BCUT2D eigenvalue weighted by molar-refractivity contribution is 0.141. The second-order valence-corrected chi connectivity index (χ2v) is 10.4. The molecular formula is C28H44F2O. The molecule has 2 fully saturated rings. The second-order valence-electron chi connectivity index (χ2n) is 10.4. The van der Waals surface area contributed by atoms with Crippen molar-refractivity contribution in [2.24, 2.45) is 23.7 Å². The summed E-state index contributed by atoms with van der Waals surface area (Å²) in [5.74, 6) is 2.08. The Hall–Kier alpha value is -1.12. The van der Waals surface area contributed by atoms with Crippen LogP contribution in [0.3, 0.4) is 0 Å². The van der Waals surface area contributed by atoms with E-state index in [1.165, 1.54) is 64.2 Å². The molecule has 3 rings (SSSR count). The highest BCUT2D eigenvalue weighted by atomic mass is 19.2. The van der Waals surface area contributed by atoms with Crippen LogP contribution in [-0.2, 0) is 6.42 Å². The Bertz CT molecular complexity index is 670. The molecule has 1 aromatic carbocycles. The number of aryl methyl sites for hydroxylation is 1. The number of unbranched alkanes of at least 4 members (excludes halogenated alkanes) is 1. The van der Waals surface area contributed by atoms with Gasteiger partial charge < -0.3 is 4.74 Å². The molecule has 0 bridgehead atoms. The third-order valence-corrected chi connectivity index (χ3v) is 8.20. The third kappa shape index (κ3) is 6.68. The van der Waals surface area contributed by atoms with Crippen LogP contribution in [0.15, 0.2) is 6.07 Å². The zero-order valence-corrected chi connectivity index (χ0v) is 20.2. The summed E-state index contributed by atoms with van der Waals surface area (Å²) in [7, 11) is 0. The van der Waals surface area contributed by atoms with Gasteiger partial charge >= 0.3 is 0 Å². The van der Waals surface area contributed by atoms with E-state index in [1.54, 1.807) is 6.07 Å². The lowest BCUT2D eigenvalue weighted by atomic mass is 9.68. The molecular weight excluding hydrogens is 390 g/mol. The lowest BCUT2D eigenvalue weighted by Gasteiger charge is -2.38. The van der Waals surface area contributed by atoms with Gasteiger partial charge in [0.05, 0.1) is 6.61 Å². The maximum atomic E-state index is 14.7. The van der Waals surface area contributed by atoms with Crippen molar-refractivity contribution in [2.45, 2.75) is 111 Å². The van der Waals surface area contributed by atoms with Gasteiger partial charge in [-0.25, -0.2) is 4.39 Å². The summed E-state index contributed by atoms with van der Waals surface area (Å²) >= 11 is 0. The number of benzene rings is 1. The van der Waals surface area contributed by atoms with Crippen molar-refractivity contribution in [3.63, 3.8) is 0 Å². The van der Waals surface area contributed by atoms with Crippen LogP contribution in [0, 0.1) is 42.2 Å². The number of rotatable bonds is 10. The minimum absolute atomic E-state index is 0.0707. The summed E-state index contributed by atoms with van der Waals surface area (Å²) in [6.45, 7) is 6.69. The Morgan fingerprint density at radius 1 is 0.806 bits per heavy atom. The highest BCUT2D eigenvalue weighted by Crippen LogP contribution is 2.43. The van der Waals surface area contributed by atoms with Gasteiger partial charge in [0.2, 0.25) is 5.82 Å². The van der Waals surface area contributed by atoms with Gasteiger partial charge in [0.15, 0.2) is 11.6 Å². The Kier molecular flexibility index (Phi) is 9.66. The standard InChI is InChI=1S/C28H44F2O/c1-4-6-18-31-26-19-20(3)25(27(29)28(26)30)17-12-22-10-15-24(16-11-22)23-13-8-21(7-5-2)9-14-23/h19,21-24H,4-18H2,1-3H3. The van der Waals surface area contributed by atoms with E-state index in [9.17, 15) is 8.78 Å². The van der Waals surface area contributed by atoms with Gasteiger partial charge in [-0.05, 0) is 92.7 Å². The largest absolute Gasteiger partial charge is 0.490 e. The van der Waals surface area contributed by atoms with Crippen molar-refractivity contribution in [2.75, 3.05) is 6.61 Å². The second kappa shape index (κ2) is 12.2. The Balaban J connectivity index is 1.46.